The molecule has 0 spiro atoms. The van der Waals surface area contributed by atoms with Crippen molar-refractivity contribution in [3.63, 3.8) is 0 Å². The van der Waals surface area contributed by atoms with E-state index < -0.39 is 23.2 Å². The van der Waals surface area contributed by atoms with Crippen molar-refractivity contribution in [2.45, 2.75) is 19.9 Å². The predicted molar refractivity (Wildman–Crippen MR) is 103 cm³/mol. The Morgan fingerprint density at radius 3 is 2.39 bits per heavy atom. The molecule has 144 valence electrons. The van der Waals surface area contributed by atoms with E-state index >= 15 is 0 Å². The molecule has 0 saturated heterocycles. The summed E-state index contributed by atoms with van der Waals surface area (Å²) in [4.78, 5) is 29.1. The van der Waals surface area contributed by atoms with Crippen molar-refractivity contribution in [3.05, 3.63) is 81.3 Å². The molecular weight excluding hydrogens is 384 g/mol. The van der Waals surface area contributed by atoms with Crippen LogP contribution in [0.25, 0.3) is 0 Å². The number of thiazole rings is 1. The number of nitrogens with one attached hydrogen (secondary N) is 2. The summed E-state index contributed by atoms with van der Waals surface area (Å²) in [7, 11) is 0. The second-order valence-corrected chi connectivity index (χ2v) is 7.10. The molecule has 8 heteroatoms. The molecule has 2 aromatic carbocycles. The largest absolute Gasteiger partial charge is 0.347 e. The number of rotatable bonds is 6. The number of para-hydroxylation sites is 1. The van der Waals surface area contributed by atoms with E-state index in [0.717, 1.165) is 29.0 Å². The number of anilines is 1. The van der Waals surface area contributed by atoms with Gasteiger partial charge in [-0.15, -0.1) is 11.3 Å². The third-order valence-electron chi connectivity index (χ3n) is 3.88. The lowest BCUT2D eigenvalue weighted by molar-refractivity contribution is -0.115. The molecule has 28 heavy (non-hydrogen) atoms. The van der Waals surface area contributed by atoms with Gasteiger partial charge >= 0.3 is 0 Å². The van der Waals surface area contributed by atoms with E-state index in [0.29, 0.717) is 22.1 Å². The molecule has 0 aliphatic carbocycles. The maximum Gasteiger partial charge on any atom is 0.263 e. The number of carbonyl (C=O) groups excluding carboxylic acids is 2. The van der Waals surface area contributed by atoms with Crippen molar-refractivity contribution in [3.8, 4) is 0 Å². The van der Waals surface area contributed by atoms with Gasteiger partial charge in [-0.1, -0.05) is 36.4 Å². The predicted octanol–water partition coefficient (Wildman–Crippen LogP) is 3.84. The fraction of sp³-hybridized carbons (Fsp3) is 0.150. The van der Waals surface area contributed by atoms with Crippen LogP contribution in [0.5, 0.6) is 0 Å². The Morgan fingerprint density at radius 2 is 1.71 bits per heavy atom. The number of amides is 2. The van der Waals surface area contributed by atoms with Crippen molar-refractivity contribution in [1.29, 1.82) is 0 Å². The Kier molecular flexibility index (Phi) is 6.10. The fourth-order valence-electron chi connectivity index (χ4n) is 2.54. The van der Waals surface area contributed by atoms with Crippen molar-refractivity contribution >= 4 is 28.8 Å². The average Bonchev–Trinajstić information content (AvgIpc) is 3.04. The first-order chi connectivity index (χ1) is 13.4. The first kappa shape index (κ1) is 19.6. The smallest absolute Gasteiger partial charge is 0.263 e. The van der Waals surface area contributed by atoms with Crippen LogP contribution in [-0.4, -0.2) is 16.8 Å². The lowest BCUT2D eigenvalue weighted by atomic mass is 10.2. The highest BCUT2D eigenvalue weighted by Gasteiger charge is 2.18. The minimum absolute atomic E-state index is 0.189. The molecule has 0 aliphatic rings. The van der Waals surface area contributed by atoms with Crippen molar-refractivity contribution in [1.82, 2.24) is 10.3 Å². The minimum Gasteiger partial charge on any atom is -0.347 e. The van der Waals surface area contributed by atoms with Crippen molar-refractivity contribution in [2.75, 3.05) is 5.32 Å². The lowest BCUT2D eigenvalue weighted by Gasteiger charge is -2.06. The van der Waals surface area contributed by atoms with E-state index in [1.807, 2.05) is 30.3 Å². The van der Waals surface area contributed by atoms with Gasteiger partial charge in [0.15, 0.2) is 0 Å². The molecule has 0 atom stereocenters. The maximum absolute atomic E-state index is 13.6. The summed E-state index contributed by atoms with van der Waals surface area (Å²) in [6.45, 7) is 2.05. The van der Waals surface area contributed by atoms with Crippen LogP contribution in [0.2, 0.25) is 0 Å². The highest BCUT2D eigenvalue weighted by Crippen LogP contribution is 2.21. The van der Waals surface area contributed by atoms with Crippen LogP contribution in [0.3, 0.4) is 0 Å². The molecule has 0 bridgehead atoms. The van der Waals surface area contributed by atoms with E-state index in [-0.39, 0.29) is 12.3 Å². The third kappa shape index (κ3) is 4.77. The number of aromatic nitrogens is 1. The van der Waals surface area contributed by atoms with Crippen molar-refractivity contribution in [2.24, 2.45) is 0 Å². The van der Waals surface area contributed by atoms with Crippen LogP contribution in [0.15, 0.2) is 48.5 Å². The molecule has 3 aromatic rings. The van der Waals surface area contributed by atoms with Crippen LogP contribution in [0, 0.1) is 18.6 Å². The molecule has 3 rings (SSSR count). The van der Waals surface area contributed by atoms with Gasteiger partial charge in [0.2, 0.25) is 5.91 Å². The summed E-state index contributed by atoms with van der Waals surface area (Å²) in [6.07, 6.45) is -0.189. The van der Waals surface area contributed by atoms with E-state index in [2.05, 4.69) is 15.6 Å². The molecule has 1 aromatic heterocycles. The minimum atomic E-state index is -0.857. The lowest BCUT2D eigenvalue weighted by Crippen LogP contribution is -2.22. The molecule has 2 N–H and O–H groups in total. The van der Waals surface area contributed by atoms with Crippen LogP contribution in [-0.2, 0) is 17.8 Å². The second-order valence-electron chi connectivity index (χ2n) is 6.01. The summed E-state index contributed by atoms with van der Waals surface area (Å²) in [5.41, 5.74) is 0.960. The van der Waals surface area contributed by atoms with Gasteiger partial charge in [0.05, 0.1) is 12.1 Å². The standard InChI is InChI=1S/C20H17F2N3O2S/c1-12-19(20(27)23-11-13-6-3-2-4-7-13)28-17(24-12)10-16(26)25-18-14(21)8-5-9-15(18)22/h2-9H,10-11H2,1H3,(H,23,27)(H,25,26). The van der Waals surface area contributed by atoms with Crippen LogP contribution in [0.1, 0.15) is 25.9 Å². The first-order valence-electron chi connectivity index (χ1n) is 8.46. The molecule has 0 fully saturated rings. The summed E-state index contributed by atoms with van der Waals surface area (Å²) in [5.74, 6) is -2.62. The van der Waals surface area contributed by atoms with E-state index in [1.165, 1.54) is 6.07 Å². The number of nitrogens with zero attached hydrogens (tertiary/aromatic N) is 1. The van der Waals surface area contributed by atoms with Crippen LogP contribution < -0.4 is 10.6 Å². The Bertz CT molecular complexity index is 986. The number of carbonyl (C=O) groups is 2. The summed E-state index contributed by atoms with van der Waals surface area (Å²) >= 11 is 1.08. The SMILES string of the molecule is Cc1nc(CC(=O)Nc2c(F)cccc2F)sc1C(=O)NCc1ccccc1. The highest BCUT2D eigenvalue weighted by molar-refractivity contribution is 7.13. The first-order valence-corrected chi connectivity index (χ1v) is 9.28. The van der Waals surface area contributed by atoms with E-state index in [1.54, 1.807) is 6.92 Å². The van der Waals surface area contributed by atoms with E-state index in [4.69, 9.17) is 0 Å². The zero-order valence-corrected chi connectivity index (χ0v) is 15.8. The molecule has 5 nitrogen and oxygen atoms in total. The maximum atomic E-state index is 13.6. The van der Waals surface area contributed by atoms with E-state index in [9.17, 15) is 18.4 Å². The summed E-state index contributed by atoms with van der Waals surface area (Å²) in [5, 5.41) is 5.40. The van der Waals surface area contributed by atoms with Gasteiger partial charge in [0.1, 0.15) is 27.2 Å². The van der Waals surface area contributed by atoms with Gasteiger partial charge in [0, 0.05) is 6.54 Å². The van der Waals surface area contributed by atoms with Crippen molar-refractivity contribution < 1.29 is 18.4 Å². The van der Waals surface area contributed by atoms with Gasteiger partial charge in [0.25, 0.3) is 5.91 Å². The van der Waals surface area contributed by atoms with Gasteiger partial charge in [-0.25, -0.2) is 13.8 Å². The molecule has 1 heterocycles. The Labute approximate surface area is 164 Å². The summed E-state index contributed by atoms with van der Waals surface area (Å²) < 4.78 is 27.3. The van der Waals surface area contributed by atoms with Gasteiger partial charge in [-0.2, -0.15) is 0 Å². The molecule has 0 unspecified atom stereocenters. The fourth-order valence-corrected chi connectivity index (χ4v) is 3.51. The van der Waals surface area contributed by atoms with Gasteiger partial charge in [-0.05, 0) is 24.6 Å². The summed E-state index contributed by atoms with van der Waals surface area (Å²) in [6, 6.07) is 12.8. The highest BCUT2D eigenvalue weighted by atomic mass is 32.1. The second kappa shape index (κ2) is 8.71. The normalized spacial score (nSPS) is 10.5. The Balaban J connectivity index is 1.63. The van der Waals surface area contributed by atoms with Gasteiger partial charge < -0.3 is 10.6 Å². The average molecular weight is 401 g/mol. The third-order valence-corrected chi connectivity index (χ3v) is 5.04. The molecule has 0 saturated carbocycles. The Hall–Kier alpha value is -3.13. The van der Waals surface area contributed by atoms with Crippen LogP contribution >= 0.6 is 11.3 Å². The molecule has 2 amide bonds. The number of halogens is 2. The topological polar surface area (TPSA) is 71.1 Å². The molecular formula is C20H17F2N3O2S. The molecule has 0 radical (unpaired) electrons. The monoisotopic (exact) mass is 401 g/mol. The zero-order valence-electron chi connectivity index (χ0n) is 15.0. The zero-order chi connectivity index (χ0) is 20.1. The quantitative estimate of drug-likeness (QED) is 0.659. The molecule has 0 aliphatic heterocycles. The van der Waals surface area contributed by atoms with Crippen LogP contribution in [0.4, 0.5) is 14.5 Å². The number of benzene rings is 2. The Morgan fingerprint density at radius 1 is 1.04 bits per heavy atom. The number of hydrogen-bond donors (Lipinski definition) is 2. The van der Waals surface area contributed by atoms with Gasteiger partial charge in [-0.3, -0.25) is 9.59 Å². The number of aryl methyl sites for hydroxylation is 1. The number of hydrogen-bond acceptors (Lipinski definition) is 4.